The molecule has 0 bridgehead atoms. The van der Waals surface area contributed by atoms with Crippen LogP contribution in [0.5, 0.6) is 0 Å². The Kier molecular flexibility index (Phi) is 3.41. The van der Waals surface area contributed by atoms with Crippen molar-refractivity contribution < 1.29 is 0 Å². The number of hydrogen-bond acceptors (Lipinski definition) is 3. The van der Waals surface area contributed by atoms with Gasteiger partial charge in [0, 0.05) is 13.1 Å². The molecule has 82 valence electrons. The number of halogens is 1. The molecule has 0 saturated heterocycles. The maximum absolute atomic E-state index is 5.84. The van der Waals surface area contributed by atoms with Crippen molar-refractivity contribution in [2.24, 2.45) is 5.92 Å². The summed E-state index contributed by atoms with van der Waals surface area (Å²) in [4.78, 5) is 10.7. The average molecular weight is 226 g/mol. The SMILES string of the molecule is CCCN(CC1CC1)c1cncc(Cl)n1. The summed E-state index contributed by atoms with van der Waals surface area (Å²) in [6, 6.07) is 0. The van der Waals surface area contributed by atoms with Crippen LogP contribution < -0.4 is 4.90 Å². The van der Waals surface area contributed by atoms with E-state index in [0.29, 0.717) is 5.15 Å². The molecule has 0 amide bonds. The van der Waals surface area contributed by atoms with Crippen molar-refractivity contribution in [2.75, 3.05) is 18.0 Å². The first-order valence-corrected chi connectivity index (χ1v) is 5.90. The van der Waals surface area contributed by atoms with Crippen LogP contribution in [-0.2, 0) is 0 Å². The Labute approximate surface area is 95.5 Å². The van der Waals surface area contributed by atoms with Crippen LogP contribution in [0.2, 0.25) is 5.15 Å². The Bertz CT molecular complexity index is 325. The summed E-state index contributed by atoms with van der Waals surface area (Å²) in [7, 11) is 0. The van der Waals surface area contributed by atoms with Crippen LogP contribution in [0.15, 0.2) is 12.4 Å². The molecule has 1 saturated carbocycles. The first-order valence-electron chi connectivity index (χ1n) is 5.52. The predicted octanol–water partition coefficient (Wildman–Crippen LogP) is 2.76. The number of hydrogen-bond donors (Lipinski definition) is 0. The molecule has 1 aliphatic carbocycles. The van der Waals surface area contributed by atoms with Gasteiger partial charge in [0.2, 0.25) is 0 Å². The van der Waals surface area contributed by atoms with Crippen molar-refractivity contribution in [2.45, 2.75) is 26.2 Å². The quantitative estimate of drug-likeness (QED) is 0.772. The zero-order valence-electron chi connectivity index (χ0n) is 8.99. The fourth-order valence-electron chi connectivity index (χ4n) is 1.67. The minimum Gasteiger partial charge on any atom is -0.355 e. The molecule has 0 radical (unpaired) electrons. The van der Waals surface area contributed by atoms with Crippen LogP contribution in [0.25, 0.3) is 0 Å². The maximum Gasteiger partial charge on any atom is 0.149 e. The second-order valence-corrected chi connectivity index (χ2v) is 4.48. The van der Waals surface area contributed by atoms with Crippen LogP contribution in [0.3, 0.4) is 0 Å². The van der Waals surface area contributed by atoms with E-state index < -0.39 is 0 Å². The molecule has 0 atom stereocenters. The lowest BCUT2D eigenvalue weighted by Crippen LogP contribution is -2.27. The molecule has 0 N–H and O–H groups in total. The molecule has 15 heavy (non-hydrogen) atoms. The molecule has 1 aromatic rings. The van der Waals surface area contributed by atoms with Crippen LogP contribution in [0.1, 0.15) is 26.2 Å². The Hall–Kier alpha value is -0.830. The van der Waals surface area contributed by atoms with Crippen molar-refractivity contribution in [3.8, 4) is 0 Å². The van der Waals surface area contributed by atoms with Gasteiger partial charge in [0.1, 0.15) is 11.0 Å². The van der Waals surface area contributed by atoms with Crippen LogP contribution in [0.4, 0.5) is 5.82 Å². The van der Waals surface area contributed by atoms with E-state index >= 15 is 0 Å². The first-order chi connectivity index (χ1) is 7.29. The van der Waals surface area contributed by atoms with Gasteiger partial charge in [0.25, 0.3) is 0 Å². The molecule has 0 aliphatic heterocycles. The Morgan fingerprint density at radius 1 is 1.47 bits per heavy atom. The summed E-state index contributed by atoms with van der Waals surface area (Å²) < 4.78 is 0. The maximum atomic E-state index is 5.84. The third-order valence-electron chi connectivity index (χ3n) is 2.59. The van der Waals surface area contributed by atoms with E-state index in [9.17, 15) is 0 Å². The molecule has 0 unspecified atom stereocenters. The molecular formula is C11H16ClN3. The smallest absolute Gasteiger partial charge is 0.149 e. The van der Waals surface area contributed by atoms with E-state index in [1.54, 1.807) is 12.4 Å². The lowest BCUT2D eigenvalue weighted by Gasteiger charge is -2.22. The zero-order valence-corrected chi connectivity index (χ0v) is 9.74. The summed E-state index contributed by atoms with van der Waals surface area (Å²) in [5.41, 5.74) is 0. The topological polar surface area (TPSA) is 29.0 Å². The fourth-order valence-corrected chi connectivity index (χ4v) is 1.81. The van der Waals surface area contributed by atoms with Crippen molar-refractivity contribution in [1.82, 2.24) is 9.97 Å². The third-order valence-corrected chi connectivity index (χ3v) is 2.77. The molecule has 0 spiro atoms. The van der Waals surface area contributed by atoms with E-state index in [4.69, 9.17) is 11.6 Å². The highest BCUT2D eigenvalue weighted by molar-refractivity contribution is 6.29. The van der Waals surface area contributed by atoms with E-state index in [1.165, 1.54) is 12.8 Å². The fraction of sp³-hybridized carbons (Fsp3) is 0.636. The van der Waals surface area contributed by atoms with Gasteiger partial charge in [-0.25, -0.2) is 4.98 Å². The first kappa shape index (κ1) is 10.7. The van der Waals surface area contributed by atoms with Crippen LogP contribution in [-0.4, -0.2) is 23.1 Å². The number of aromatic nitrogens is 2. The Morgan fingerprint density at radius 3 is 2.87 bits per heavy atom. The highest BCUT2D eigenvalue weighted by atomic mass is 35.5. The van der Waals surface area contributed by atoms with Gasteiger partial charge in [-0.2, -0.15) is 0 Å². The van der Waals surface area contributed by atoms with Crippen molar-refractivity contribution in [1.29, 1.82) is 0 Å². The minimum absolute atomic E-state index is 0.476. The minimum atomic E-state index is 0.476. The highest BCUT2D eigenvalue weighted by Crippen LogP contribution is 2.31. The monoisotopic (exact) mass is 225 g/mol. The second kappa shape index (κ2) is 4.79. The van der Waals surface area contributed by atoms with Gasteiger partial charge >= 0.3 is 0 Å². The Morgan fingerprint density at radius 2 is 2.27 bits per heavy atom. The summed E-state index contributed by atoms with van der Waals surface area (Å²) in [5, 5.41) is 0.476. The second-order valence-electron chi connectivity index (χ2n) is 4.09. The lowest BCUT2D eigenvalue weighted by molar-refractivity contribution is 0.697. The van der Waals surface area contributed by atoms with Crippen molar-refractivity contribution in [3.05, 3.63) is 17.5 Å². The largest absolute Gasteiger partial charge is 0.355 e. The van der Waals surface area contributed by atoms with Crippen LogP contribution >= 0.6 is 11.6 Å². The van der Waals surface area contributed by atoms with Gasteiger partial charge in [-0.3, -0.25) is 4.98 Å². The predicted molar refractivity (Wildman–Crippen MR) is 62.3 cm³/mol. The zero-order chi connectivity index (χ0) is 10.7. The molecule has 0 aromatic carbocycles. The molecular weight excluding hydrogens is 210 g/mol. The molecule has 1 aromatic heterocycles. The Balaban J connectivity index is 2.07. The third kappa shape index (κ3) is 3.06. The molecule has 1 fully saturated rings. The standard InChI is InChI=1S/C11H16ClN3/c1-2-5-15(8-9-3-4-9)11-7-13-6-10(12)14-11/h6-7,9H,2-5,8H2,1H3. The van der Waals surface area contributed by atoms with Gasteiger partial charge in [0.15, 0.2) is 0 Å². The summed E-state index contributed by atoms with van der Waals surface area (Å²) in [6.45, 7) is 4.31. The van der Waals surface area contributed by atoms with Crippen LogP contribution in [0, 0.1) is 5.92 Å². The van der Waals surface area contributed by atoms with Gasteiger partial charge in [-0.1, -0.05) is 18.5 Å². The van der Waals surface area contributed by atoms with Crippen molar-refractivity contribution >= 4 is 17.4 Å². The van der Waals surface area contributed by atoms with E-state index in [-0.39, 0.29) is 0 Å². The number of rotatable bonds is 5. The van der Waals surface area contributed by atoms with E-state index in [0.717, 1.165) is 31.2 Å². The van der Waals surface area contributed by atoms with E-state index in [1.807, 2.05) is 0 Å². The summed E-state index contributed by atoms with van der Waals surface area (Å²) in [5.74, 6) is 1.77. The van der Waals surface area contributed by atoms with Gasteiger partial charge in [0.05, 0.1) is 12.4 Å². The molecule has 4 heteroatoms. The van der Waals surface area contributed by atoms with Crippen molar-refractivity contribution in [3.63, 3.8) is 0 Å². The molecule has 1 aliphatic rings. The summed E-state index contributed by atoms with van der Waals surface area (Å²) >= 11 is 5.84. The lowest BCUT2D eigenvalue weighted by atomic mass is 10.3. The highest BCUT2D eigenvalue weighted by Gasteiger charge is 2.24. The number of anilines is 1. The number of nitrogens with zero attached hydrogens (tertiary/aromatic N) is 3. The van der Waals surface area contributed by atoms with E-state index in [2.05, 4.69) is 21.8 Å². The van der Waals surface area contributed by atoms with Gasteiger partial charge < -0.3 is 4.90 Å². The average Bonchev–Trinajstić information content (AvgIpc) is 3.01. The molecule has 3 nitrogen and oxygen atoms in total. The normalized spacial score (nSPS) is 15.3. The van der Waals surface area contributed by atoms with Gasteiger partial charge in [-0.05, 0) is 25.2 Å². The summed E-state index contributed by atoms with van der Waals surface area (Å²) in [6.07, 6.45) is 7.21. The van der Waals surface area contributed by atoms with Gasteiger partial charge in [-0.15, -0.1) is 0 Å². The molecule has 1 heterocycles. The molecule has 2 rings (SSSR count).